The third-order valence-corrected chi connectivity index (χ3v) is 6.31. The molecule has 1 aliphatic rings. The number of ether oxygens (including phenoxy) is 2. The van der Waals surface area contributed by atoms with Crippen LogP contribution in [-0.2, 0) is 24.8 Å². The molecule has 0 saturated carbocycles. The summed E-state index contributed by atoms with van der Waals surface area (Å²) in [6.07, 6.45) is 7.64. The zero-order valence-corrected chi connectivity index (χ0v) is 19.5. The number of hydrogen-bond acceptors (Lipinski definition) is 5. The Balaban J connectivity index is 1.46. The largest absolute Gasteiger partial charge is 0.493 e. The second-order valence-electron chi connectivity index (χ2n) is 8.23. The highest BCUT2D eigenvalue weighted by molar-refractivity contribution is 5.99. The Morgan fingerprint density at radius 1 is 1.00 bits per heavy atom. The number of aromatic nitrogens is 3. The second-order valence-corrected chi connectivity index (χ2v) is 8.23. The zero-order valence-electron chi connectivity index (χ0n) is 19.5. The van der Waals surface area contributed by atoms with E-state index in [1.54, 1.807) is 32.7 Å². The van der Waals surface area contributed by atoms with Crippen LogP contribution in [0.15, 0.2) is 60.9 Å². The number of carbonyl (C=O) groups is 1. The first-order chi connectivity index (χ1) is 16.6. The second kappa shape index (κ2) is 9.02. The van der Waals surface area contributed by atoms with Crippen molar-refractivity contribution >= 4 is 23.1 Å². The Hall–Kier alpha value is -4.13. The molecule has 0 saturated heterocycles. The third kappa shape index (κ3) is 3.79. The molecule has 0 fully saturated rings. The van der Waals surface area contributed by atoms with E-state index in [0.29, 0.717) is 24.6 Å². The molecule has 1 aliphatic heterocycles. The van der Waals surface area contributed by atoms with Crippen LogP contribution in [0.25, 0.3) is 28.5 Å². The summed E-state index contributed by atoms with van der Waals surface area (Å²) in [7, 11) is 5.23. The maximum Gasteiger partial charge on any atom is 0.246 e. The van der Waals surface area contributed by atoms with E-state index in [2.05, 4.69) is 22.1 Å². The van der Waals surface area contributed by atoms with Gasteiger partial charge in [0.05, 0.1) is 19.9 Å². The molecule has 2 aromatic heterocycles. The monoisotopic (exact) mass is 454 g/mol. The van der Waals surface area contributed by atoms with Crippen LogP contribution in [0.2, 0.25) is 0 Å². The number of fused-ring (bicyclic) bond motifs is 2. The highest BCUT2D eigenvalue weighted by Gasteiger charge is 2.22. The van der Waals surface area contributed by atoms with Crippen LogP contribution in [0.5, 0.6) is 11.5 Å². The first kappa shape index (κ1) is 21.7. The Morgan fingerprint density at radius 2 is 1.71 bits per heavy atom. The van der Waals surface area contributed by atoms with Crippen molar-refractivity contribution in [2.75, 3.05) is 20.8 Å². The number of benzene rings is 2. The van der Waals surface area contributed by atoms with Gasteiger partial charge in [0, 0.05) is 44.2 Å². The highest BCUT2D eigenvalue weighted by Crippen LogP contribution is 2.34. The maximum atomic E-state index is 13.2. The van der Waals surface area contributed by atoms with Gasteiger partial charge in [-0.2, -0.15) is 0 Å². The van der Waals surface area contributed by atoms with E-state index in [1.807, 2.05) is 52.9 Å². The fourth-order valence-electron chi connectivity index (χ4n) is 4.60. The molecule has 0 unspecified atom stereocenters. The van der Waals surface area contributed by atoms with Gasteiger partial charge in [0.15, 0.2) is 17.1 Å². The zero-order chi connectivity index (χ0) is 23.7. The van der Waals surface area contributed by atoms with Crippen molar-refractivity contribution < 1.29 is 14.3 Å². The summed E-state index contributed by atoms with van der Waals surface area (Å²) in [6.45, 7) is 1.17. The lowest BCUT2D eigenvalue weighted by atomic mass is 9.98. The van der Waals surface area contributed by atoms with Crippen LogP contribution in [0.1, 0.15) is 16.7 Å². The molecule has 0 N–H and O–H groups in total. The molecule has 172 valence electrons. The SMILES string of the molecule is COc1cc2c(cc1OC)CN(C(=O)C=Cc1c(-c3ccccc3)n(C)c3nccnc13)CC2. The first-order valence-electron chi connectivity index (χ1n) is 11.2. The van der Waals surface area contributed by atoms with E-state index in [-0.39, 0.29) is 5.91 Å². The van der Waals surface area contributed by atoms with Gasteiger partial charge in [-0.05, 0) is 41.3 Å². The molecule has 0 spiro atoms. The van der Waals surface area contributed by atoms with Gasteiger partial charge in [-0.25, -0.2) is 4.98 Å². The lowest BCUT2D eigenvalue weighted by Gasteiger charge is -2.28. The van der Waals surface area contributed by atoms with Gasteiger partial charge in [0.25, 0.3) is 0 Å². The summed E-state index contributed by atoms with van der Waals surface area (Å²) in [5, 5.41) is 0. The van der Waals surface area contributed by atoms with Gasteiger partial charge >= 0.3 is 0 Å². The lowest BCUT2D eigenvalue weighted by Crippen LogP contribution is -2.34. The number of methoxy groups -OCH3 is 2. The molecule has 0 bridgehead atoms. The summed E-state index contributed by atoms with van der Waals surface area (Å²) in [5.41, 5.74) is 6.72. The fraction of sp³-hybridized carbons (Fsp3) is 0.222. The Kier molecular flexibility index (Phi) is 5.76. The summed E-state index contributed by atoms with van der Waals surface area (Å²) >= 11 is 0. The van der Waals surface area contributed by atoms with E-state index in [0.717, 1.165) is 40.0 Å². The van der Waals surface area contributed by atoms with Crippen LogP contribution < -0.4 is 9.47 Å². The summed E-state index contributed by atoms with van der Waals surface area (Å²) in [6, 6.07) is 14.1. The third-order valence-electron chi connectivity index (χ3n) is 6.31. The smallest absolute Gasteiger partial charge is 0.246 e. The molecule has 0 radical (unpaired) electrons. The average molecular weight is 455 g/mol. The van der Waals surface area contributed by atoms with Crippen LogP contribution in [0.4, 0.5) is 0 Å². The normalized spacial score (nSPS) is 13.3. The molecule has 34 heavy (non-hydrogen) atoms. The molecule has 4 aromatic rings. The highest BCUT2D eigenvalue weighted by atomic mass is 16.5. The molecule has 7 nitrogen and oxygen atoms in total. The van der Waals surface area contributed by atoms with E-state index in [1.165, 1.54) is 5.56 Å². The number of nitrogens with zero attached hydrogens (tertiary/aromatic N) is 4. The minimum atomic E-state index is -0.0414. The minimum Gasteiger partial charge on any atom is -0.493 e. The Labute approximate surface area is 198 Å². The number of aryl methyl sites for hydroxylation is 1. The van der Waals surface area contributed by atoms with Crippen molar-refractivity contribution in [3.8, 4) is 22.8 Å². The summed E-state index contributed by atoms with van der Waals surface area (Å²) < 4.78 is 12.9. The van der Waals surface area contributed by atoms with Crippen molar-refractivity contribution in [1.29, 1.82) is 0 Å². The van der Waals surface area contributed by atoms with Crippen molar-refractivity contribution in [2.45, 2.75) is 13.0 Å². The van der Waals surface area contributed by atoms with Crippen LogP contribution in [0.3, 0.4) is 0 Å². The van der Waals surface area contributed by atoms with Gasteiger partial charge in [0.1, 0.15) is 5.52 Å². The number of amides is 1. The van der Waals surface area contributed by atoms with Crippen molar-refractivity contribution in [1.82, 2.24) is 19.4 Å². The molecular weight excluding hydrogens is 428 g/mol. The first-order valence-corrected chi connectivity index (χ1v) is 11.2. The molecule has 2 aromatic carbocycles. The van der Waals surface area contributed by atoms with Gasteiger partial charge in [-0.15, -0.1) is 0 Å². The van der Waals surface area contributed by atoms with E-state index in [9.17, 15) is 4.79 Å². The topological polar surface area (TPSA) is 69.5 Å². The van der Waals surface area contributed by atoms with E-state index in [4.69, 9.17) is 9.47 Å². The Morgan fingerprint density at radius 3 is 2.44 bits per heavy atom. The van der Waals surface area contributed by atoms with E-state index >= 15 is 0 Å². The molecular formula is C27H26N4O3. The van der Waals surface area contributed by atoms with E-state index < -0.39 is 0 Å². The van der Waals surface area contributed by atoms with Gasteiger partial charge in [-0.3, -0.25) is 9.78 Å². The minimum absolute atomic E-state index is 0.0414. The number of rotatable bonds is 5. The fourth-order valence-corrected chi connectivity index (χ4v) is 4.60. The predicted molar refractivity (Wildman–Crippen MR) is 132 cm³/mol. The number of carbonyl (C=O) groups excluding carboxylic acids is 1. The molecule has 0 atom stereocenters. The van der Waals surface area contributed by atoms with Crippen molar-refractivity contribution in [2.24, 2.45) is 7.05 Å². The number of hydrogen-bond donors (Lipinski definition) is 0. The lowest BCUT2D eigenvalue weighted by molar-refractivity contribution is -0.126. The quantitative estimate of drug-likeness (QED) is 0.422. The summed E-state index contributed by atoms with van der Waals surface area (Å²) in [5.74, 6) is 1.35. The summed E-state index contributed by atoms with van der Waals surface area (Å²) in [4.78, 5) is 24.1. The van der Waals surface area contributed by atoms with Gasteiger partial charge < -0.3 is 18.9 Å². The van der Waals surface area contributed by atoms with Gasteiger partial charge in [-0.1, -0.05) is 30.3 Å². The standard InChI is InChI=1S/C27H26N4O3/c1-30-26(18-7-5-4-6-8-18)21(25-27(30)29-13-12-28-25)9-10-24(32)31-14-11-19-15-22(33-2)23(34-3)16-20(19)17-31/h4-10,12-13,15-16H,11,14,17H2,1-3H3. The maximum absolute atomic E-state index is 13.2. The van der Waals surface area contributed by atoms with Crippen molar-refractivity contribution in [3.63, 3.8) is 0 Å². The van der Waals surface area contributed by atoms with Crippen LogP contribution in [0, 0.1) is 0 Å². The molecule has 0 aliphatic carbocycles. The Bertz CT molecular complexity index is 1390. The average Bonchev–Trinajstić information content (AvgIpc) is 3.18. The van der Waals surface area contributed by atoms with Crippen LogP contribution >= 0.6 is 0 Å². The molecule has 5 rings (SSSR count). The molecule has 7 heteroatoms. The van der Waals surface area contributed by atoms with Crippen molar-refractivity contribution in [3.05, 3.63) is 77.6 Å². The predicted octanol–water partition coefficient (Wildman–Crippen LogP) is 4.25. The molecule has 3 heterocycles. The van der Waals surface area contributed by atoms with Gasteiger partial charge in [0.2, 0.25) is 5.91 Å². The van der Waals surface area contributed by atoms with Crippen LogP contribution in [-0.4, -0.2) is 46.1 Å². The molecule has 1 amide bonds.